The number of benzene rings is 1. The van der Waals surface area contributed by atoms with E-state index in [1.807, 2.05) is 36.6 Å². The first-order chi connectivity index (χ1) is 15.9. The van der Waals surface area contributed by atoms with Gasteiger partial charge in [-0.15, -0.1) is 0 Å². The van der Waals surface area contributed by atoms with Crippen molar-refractivity contribution in [3.63, 3.8) is 0 Å². The van der Waals surface area contributed by atoms with Crippen LogP contribution in [-0.4, -0.2) is 38.1 Å². The van der Waals surface area contributed by atoms with Crippen molar-refractivity contribution >= 4 is 23.0 Å². The molecule has 3 heterocycles. The molecular weight excluding hydrogens is 438 g/mol. The fraction of sp³-hybridized carbons (Fsp3) is 0.333. The largest absolute Gasteiger partial charge is 0.496 e. The summed E-state index contributed by atoms with van der Waals surface area (Å²) in [6, 6.07) is 12.7. The van der Waals surface area contributed by atoms with Gasteiger partial charge in [0.1, 0.15) is 11.4 Å². The highest BCUT2D eigenvalue weighted by molar-refractivity contribution is 7.80. The lowest BCUT2D eigenvalue weighted by atomic mass is 9.96. The number of methoxy groups -OCH3 is 1. The third-order valence-corrected chi connectivity index (χ3v) is 6.42. The van der Waals surface area contributed by atoms with E-state index in [2.05, 4.69) is 28.2 Å². The molecule has 172 valence electrons. The van der Waals surface area contributed by atoms with Gasteiger partial charge in [-0.05, 0) is 68.4 Å². The molecule has 0 amide bonds. The summed E-state index contributed by atoms with van der Waals surface area (Å²) < 4.78 is 7.15. The number of nitro benzene ring substituents is 1. The van der Waals surface area contributed by atoms with Crippen LogP contribution in [0.25, 0.3) is 5.69 Å². The minimum absolute atomic E-state index is 0.00513. The topological polar surface area (TPSA) is 85.5 Å². The van der Waals surface area contributed by atoms with Crippen LogP contribution in [0.3, 0.4) is 0 Å². The van der Waals surface area contributed by atoms with Gasteiger partial charge in [0, 0.05) is 24.1 Å². The Labute approximate surface area is 198 Å². The van der Waals surface area contributed by atoms with Gasteiger partial charge in [0.2, 0.25) is 0 Å². The summed E-state index contributed by atoms with van der Waals surface area (Å²) in [6.07, 6.45) is 2.72. The number of thiocarbonyl (C=S) groups is 1. The van der Waals surface area contributed by atoms with E-state index in [0.29, 0.717) is 16.5 Å². The van der Waals surface area contributed by atoms with Crippen LogP contribution in [0.5, 0.6) is 5.75 Å². The molecule has 0 unspecified atom stereocenters. The molecule has 1 aliphatic rings. The highest BCUT2D eigenvalue weighted by atomic mass is 32.1. The van der Waals surface area contributed by atoms with Gasteiger partial charge in [-0.2, -0.15) is 0 Å². The van der Waals surface area contributed by atoms with E-state index >= 15 is 0 Å². The Balaban J connectivity index is 1.87. The maximum absolute atomic E-state index is 11.9. The number of pyridine rings is 1. The molecule has 2 aromatic heterocycles. The van der Waals surface area contributed by atoms with Gasteiger partial charge in [0.15, 0.2) is 5.11 Å². The number of hydrogen-bond donors (Lipinski definition) is 1. The van der Waals surface area contributed by atoms with Crippen molar-refractivity contribution in [2.75, 3.05) is 13.7 Å². The average Bonchev–Trinajstić information content (AvgIpc) is 3.29. The number of hydrogen-bond acceptors (Lipinski definition) is 5. The monoisotopic (exact) mass is 465 g/mol. The van der Waals surface area contributed by atoms with Crippen LogP contribution in [0.1, 0.15) is 48.1 Å². The van der Waals surface area contributed by atoms with E-state index in [1.165, 1.54) is 13.2 Å². The van der Waals surface area contributed by atoms with Crippen LogP contribution in [0.4, 0.5) is 5.69 Å². The Kier molecular flexibility index (Phi) is 6.33. The van der Waals surface area contributed by atoms with Gasteiger partial charge in [-0.3, -0.25) is 15.1 Å². The van der Waals surface area contributed by atoms with Gasteiger partial charge in [0.25, 0.3) is 5.69 Å². The van der Waals surface area contributed by atoms with Crippen LogP contribution in [0.15, 0.2) is 48.7 Å². The zero-order valence-corrected chi connectivity index (χ0v) is 19.9. The fourth-order valence-corrected chi connectivity index (χ4v) is 4.98. The van der Waals surface area contributed by atoms with Gasteiger partial charge in [0.05, 0.1) is 35.9 Å². The van der Waals surface area contributed by atoms with Crippen LogP contribution in [0, 0.1) is 24.0 Å². The molecular formula is C24H27N5O3S. The maximum atomic E-state index is 11.9. The second kappa shape index (κ2) is 9.19. The van der Waals surface area contributed by atoms with Crippen molar-refractivity contribution in [3.8, 4) is 11.4 Å². The van der Waals surface area contributed by atoms with E-state index in [9.17, 15) is 10.1 Å². The molecule has 0 aliphatic carbocycles. The van der Waals surface area contributed by atoms with Crippen molar-refractivity contribution < 1.29 is 9.66 Å². The first-order valence-electron chi connectivity index (χ1n) is 10.9. The lowest BCUT2D eigenvalue weighted by molar-refractivity contribution is -0.384. The molecule has 9 heteroatoms. The molecule has 1 aromatic carbocycles. The standard InChI is InChI=1S/C24H27N5O3S/c1-5-12-27-23(22(26-24(27)33)19-8-6-7-11-25-19)18-13-15(2)28(16(18)3)20-10-9-17(32-4)14-21(20)29(30)31/h6-11,13-14,22-23H,5,12H2,1-4H3,(H,26,33)/t22-,23-/m0/s1. The Morgan fingerprint density at radius 2 is 2.03 bits per heavy atom. The maximum Gasteiger partial charge on any atom is 0.296 e. The number of nitro groups is 1. The number of rotatable bonds is 7. The van der Waals surface area contributed by atoms with Crippen molar-refractivity contribution in [1.82, 2.24) is 19.8 Å². The van der Waals surface area contributed by atoms with E-state index in [4.69, 9.17) is 17.0 Å². The lowest BCUT2D eigenvalue weighted by Gasteiger charge is -2.27. The highest BCUT2D eigenvalue weighted by Crippen LogP contribution is 2.42. The molecule has 0 spiro atoms. The second-order valence-corrected chi connectivity index (χ2v) is 8.48. The average molecular weight is 466 g/mol. The number of aromatic nitrogens is 2. The third-order valence-electron chi connectivity index (χ3n) is 6.07. The molecule has 1 aliphatic heterocycles. The molecule has 0 radical (unpaired) electrons. The Morgan fingerprint density at radius 1 is 1.24 bits per heavy atom. The molecule has 1 fully saturated rings. The minimum Gasteiger partial charge on any atom is -0.496 e. The van der Waals surface area contributed by atoms with Gasteiger partial charge >= 0.3 is 0 Å². The zero-order chi connectivity index (χ0) is 23.7. The summed E-state index contributed by atoms with van der Waals surface area (Å²) in [7, 11) is 1.50. The van der Waals surface area contributed by atoms with Crippen LogP contribution < -0.4 is 10.1 Å². The van der Waals surface area contributed by atoms with Gasteiger partial charge < -0.3 is 19.5 Å². The molecule has 4 rings (SSSR count). The van der Waals surface area contributed by atoms with Crippen molar-refractivity contribution in [2.45, 2.75) is 39.3 Å². The SMILES string of the molecule is CCCN1C(=S)N[C@@H](c2ccccn2)[C@@H]1c1cc(C)n(-c2ccc(OC)cc2[N+](=O)[O-])c1C. The van der Waals surface area contributed by atoms with Gasteiger partial charge in [-0.1, -0.05) is 13.0 Å². The normalized spacial score (nSPS) is 17.8. The molecule has 8 nitrogen and oxygen atoms in total. The Hall–Kier alpha value is -3.46. The number of ether oxygens (including phenoxy) is 1. The molecule has 0 bridgehead atoms. The van der Waals surface area contributed by atoms with Crippen molar-refractivity contribution in [2.24, 2.45) is 0 Å². The summed E-state index contributed by atoms with van der Waals surface area (Å²) in [5, 5.41) is 16.0. The summed E-state index contributed by atoms with van der Waals surface area (Å²) in [4.78, 5) is 18.3. The molecule has 0 saturated carbocycles. The second-order valence-electron chi connectivity index (χ2n) is 8.09. The number of aryl methyl sites for hydroxylation is 1. The summed E-state index contributed by atoms with van der Waals surface area (Å²) in [5.41, 5.74) is 4.31. The van der Waals surface area contributed by atoms with E-state index in [1.54, 1.807) is 18.3 Å². The molecule has 3 aromatic rings. The predicted octanol–water partition coefficient (Wildman–Crippen LogP) is 4.79. The predicted molar refractivity (Wildman–Crippen MR) is 131 cm³/mol. The quantitative estimate of drug-likeness (QED) is 0.305. The number of nitrogens with one attached hydrogen (secondary N) is 1. The fourth-order valence-electron chi connectivity index (χ4n) is 4.65. The first-order valence-corrected chi connectivity index (χ1v) is 11.3. The summed E-state index contributed by atoms with van der Waals surface area (Å²) >= 11 is 5.70. The zero-order valence-electron chi connectivity index (χ0n) is 19.1. The Morgan fingerprint density at radius 3 is 2.67 bits per heavy atom. The third kappa shape index (κ3) is 4.04. The molecule has 2 atom stereocenters. The molecule has 1 N–H and O–H groups in total. The Bertz CT molecular complexity index is 1190. The lowest BCUT2D eigenvalue weighted by Crippen LogP contribution is -2.30. The summed E-state index contributed by atoms with van der Waals surface area (Å²) in [6.45, 7) is 6.88. The first kappa shape index (κ1) is 22.7. The van der Waals surface area contributed by atoms with E-state index < -0.39 is 0 Å². The van der Waals surface area contributed by atoms with E-state index in [0.717, 1.165) is 35.6 Å². The van der Waals surface area contributed by atoms with Gasteiger partial charge in [-0.25, -0.2) is 0 Å². The summed E-state index contributed by atoms with van der Waals surface area (Å²) in [5.74, 6) is 0.447. The molecule has 1 saturated heterocycles. The number of nitrogens with zero attached hydrogens (tertiary/aromatic N) is 4. The van der Waals surface area contributed by atoms with Crippen molar-refractivity contribution in [1.29, 1.82) is 0 Å². The van der Waals surface area contributed by atoms with E-state index in [-0.39, 0.29) is 22.7 Å². The highest BCUT2D eigenvalue weighted by Gasteiger charge is 2.41. The molecule has 33 heavy (non-hydrogen) atoms. The van der Waals surface area contributed by atoms with Crippen LogP contribution >= 0.6 is 12.2 Å². The smallest absolute Gasteiger partial charge is 0.296 e. The minimum atomic E-state index is -0.372. The van der Waals surface area contributed by atoms with Crippen molar-refractivity contribution in [3.05, 3.63) is 81.4 Å². The van der Waals surface area contributed by atoms with Crippen LogP contribution in [0.2, 0.25) is 0 Å². The van der Waals surface area contributed by atoms with Crippen LogP contribution in [-0.2, 0) is 0 Å².